The van der Waals surface area contributed by atoms with Crippen molar-refractivity contribution >= 4 is 0 Å². The molecule has 0 unspecified atom stereocenters. The quantitative estimate of drug-likeness (QED) is 0.840. The van der Waals surface area contributed by atoms with Crippen LogP contribution in [0, 0.1) is 18.3 Å². The maximum absolute atomic E-state index is 13.1. The molecule has 20 heavy (non-hydrogen) atoms. The van der Waals surface area contributed by atoms with Crippen molar-refractivity contribution in [3.05, 3.63) is 41.1 Å². The van der Waals surface area contributed by atoms with Gasteiger partial charge in [0.15, 0.2) is 0 Å². The van der Waals surface area contributed by atoms with Gasteiger partial charge in [-0.3, -0.25) is 4.68 Å². The third kappa shape index (κ3) is 2.55. The normalized spacial score (nSPS) is 11.1. The summed E-state index contributed by atoms with van der Waals surface area (Å²) in [4.78, 5) is 0. The van der Waals surface area contributed by atoms with Crippen molar-refractivity contribution in [2.75, 3.05) is 0 Å². The van der Waals surface area contributed by atoms with Gasteiger partial charge >= 0.3 is 0 Å². The van der Waals surface area contributed by atoms with Gasteiger partial charge in [-0.25, -0.2) is 8.78 Å². The van der Waals surface area contributed by atoms with Crippen molar-refractivity contribution < 1.29 is 8.78 Å². The first-order valence-corrected chi connectivity index (χ1v) is 6.32. The molecule has 0 aliphatic heterocycles. The lowest BCUT2D eigenvalue weighted by Gasteiger charge is -2.05. The maximum atomic E-state index is 13.1. The highest BCUT2D eigenvalue weighted by atomic mass is 19.3. The van der Waals surface area contributed by atoms with E-state index in [9.17, 15) is 8.78 Å². The molecule has 0 amide bonds. The van der Waals surface area contributed by atoms with Crippen molar-refractivity contribution in [2.45, 2.75) is 33.2 Å². The summed E-state index contributed by atoms with van der Waals surface area (Å²) in [5, 5.41) is 13.3. The minimum Gasteiger partial charge on any atom is -0.269 e. The van der Waals surface area contributed by atoms with Gasteiger partial charge in [-0.15, -0.1) is 0 Å². The van der Waals surface area contributed by atoms with E-state index in [0.29, 0.717) is 11.1 Å². The van der Waals surface area contributed by atoms with Gasteiger partial charge < -0.3 is 0 Å². The molecule has 0 atom stereocenters. The molecule has 3 nitrogen and oxygen atoms in total. The lowest BCUT2D eigenvalue weighted by atomic mass is 10.0. The number of alkyl halides is 2. The van der Waals surface area contributed by atoms with Gasteiger partial charge in [0.1, 0.15) is 5.69 Å². The van der Waals surface area contributed by atoms with Crippen molar-refractivity contribution in [1.82, 2.24) is 9.78 Å². The van der Waals surface area contributed by atoms with Crippen LogP contribution in [0.5, 0.6) is 0 Å². The third-order valence-corrected chi connectivity index (χ3v) is 3.16. The van der Waals surface area contributed by atoms with Crippen molar-refractivity contribution in [2.24, 2.45) is 0 Å². The van der Waals surface area contributed by atoms with E-state index in [4.69, 9.17) is 5.26 Å². The van der Waals surface area contributed by atoms with Crippen LogP contribution in [0.3, 0.4) is 0 Å². The van der Waals surface area contributed by atoms with E-state index >= 15 is 0 Å². The molecule has 2 aromatic rings. The van der Waals surface area contributed by atoms with Gasteiger partial charge in [-0.05, 0) is 32.4 Å². The topological polar surface area (TPSA) is 41.6 Å². The maximum Gasteiger partial charge on any atom is 0.267 e. The first-order chi connectivity index (χ1) is 9.43. The third-order valence-electron chi connectivity index (χ3n) is 3.16. The smallest absolute Gasteiger partial charge is 0.267 e. The second kappa shape index (κ2) is 5.41. The van der Waals surface area contributed by atoms with Gasteiger partial charge in [-0.2, -0.15) is 10.4 Å². The average Bonchev–Trinajstić information content (AvgIpc) is 2.84. The Morgan fingerprint density at radius 3 is 2.55 bits per heavy atom. The van der Waals surface area contributed by atoms with Crippen molar-refractivity contribution in [3.63, 3.8) is 0 Å². The second-order valence-corrected chi connectivity index (χ2v) is 4.95. The molecular weight excluding hydrogens is 260 g/mol. The lowest BCUT2D eigenvalue weighted by Crippen LogP contribution is -2.00. The number of benzene rings is 1. The van der Waals surface area contributed by atoms with Crippen LogP contribution in [0.15, 0.2) is 24.4 Å². The summed E-state index contributed by atoms with van der Waals surface area (Å²) in [5.74, 6) is 0. The van der Waals surface area contributed by atoms with E-state index in [-0.39, 0.29) is 17.3 Å². The van der Waals surface area contributed by atoms with E-state index in [1.807, 2.05) is 20.8 Å². The number of hydrogen-bond donors (Lipinski definition) is 0. The summed E-state index contributed by atoms with van der Waals surface area (Å²) in [7, 11) is 0. The van der Waals surface area contributed by atoms with Crippen LogP contribution in [-0.4, -0.2) is 9.78 Å². The number of nitrogens with zero attached hydrogens (tertiary/aromatic N) is 3. The highest BCUT2D eigenvalue weighted by molar-refractivity contribution is 5.66. The molecule has 0 bridgehead atoms. The Morgan fingerprint density at radius 1 is 1.30 bits per heavy atom. The summed E-state index contributed by atoms with van der Waals surface area (Å²) in [6.07, 6.45) is -1.22. The van der Waals surface area contributed by atoms with Crippen LogP contribution >= 0.6 is 0 Å². The molecule has 0 spiro atoms. The zero-order valence-corrected chi connectivity index (χ0v) is 11.6. The molecule has 0 saturated heterocycles. The standard InChI is InChI=1S/C15H15F2N3/c1-9(2)20-8-13(15(16)17)14(19-20)11-5-4-10(3)12(6-11)7-18/h4-6,8-9,15H,1-3H3. The van der Waals surface area contributed by atoms with E-state index < -0.39 is 6.43 Å². The van der Waals surface area contributed by atoms with Crippen LogP contribution in [-0.2, 0) is 0 Å². The Hall–Kier alpha value is -2.22. The largest absolute Gasteiger partial charge is 0.269 e. The van der Waals surface area contributed by atoms with Gasteiger partial charge in [0.25, 0.3) is 6.43 Å². The molecule has 1 aromatic carbocycles. The molecule has 2 rings (SSSR count). The van der Waals surface area contributed by atoms with Crippen LogP contribution in [0.2, 0.25) is 0 Å². The fourth-order valence-electron chi connectivity index (χ4n) is 1.94. The van der Waals surface area contributed by atoms with E-state index in [1.54, 1.807) is 18.2 Å². The van der Waals surface area contributed by atoms with Gasteiger partial charge in [0.2, 0.25) is 0 Å². The second-order valence-electron chi connectivity index (χ2n) is 4.95. The zero-order chi connectivity index (χ0) is 14.9. The fourth-order valence-corrected chi connectivity index (χ4v) is 1.94. The minimum absolute atomic E-state index is 0.00198. The highest BCUT2D eigenvalue weighted by Gasteiger charge is 2.20. The highest BCUT2D eigenvalue weighted by Crippen LogP contribution is 2.31. The lowest BCUT2D eigenvalue weighted by molar-refractivity contribution is 0.152. The molecular formula is C15H15F2N3. The Morgan fingerprint density at radius 2 is 2.00 bits per heavy atom. The number of halogens is 2. The molecule has 0 aliphatic rings. The van der Waals surface area contributed by atoms with Crippen LogP contribution < -0.4 is 0 Å². The van der Waals surface area contributed by atoms with Crippen LogP contribution in [0.1, 0.15) is 43.0 Å². The summed E-state index contributed by atoms with van der Waals surface area (Å²) >= 11 is 0. The van der Waals surface area contributed by atoms with E-state index in [2.05, 4.69) is 11.2 Å². The molecule has 5 heteroatoms. The predicted molar refractivity (Wildman–Crippen MR) is 72.5 cm³/mol. The average molecular weight is 275 g/mol. The number of nitriles is 1. The van der Waals surface area contributed by atoms with Crippen LogP contribution in [0.25, 0.3) is 11.3 Å². The first kappa shape index (κ1) is 14.2. The number of hydrogen-bond acceptors (Lipinski definition) is 2. The molecule has 1 aromatic heterocycles. The number of aryl methyl sites for hydroxylation is 1. The fraction of sp³-hybridized carbons (Fsp3) is 0.333. The molecule has 1 heterocycles. The van der Waals surface area contributed by atoms with E-state index in [1.165, 1.54) is 10.9 Å². The van der Waals surface area contributed by atoms with Crippen molar-refractivity contribution in [3.8, 4) is 17.3 Å². The Bertz CT molecular complexity index is 666. The number of rotatable bonds is 3. The molecule has 0 radical (unpaired) electrons. The summed E-state index contributed by atoms with van der Waals surface area (Å²) in [6, 6.07) is 7.13. The number of aromatic nitrogens is 2. The molecule has 0 aliphatic carbocycles. The van der Waals surface area contributed by atoms with Crippen molar-refractivity contribution in [1.29, 1.82) is 5.26 Å². The zero-order valence-electron chi connectivity index (χ0n) is 11.6. The SMILES string of the molecule is Cc1ccc(-c2nn(C(C)C)cc2C(F)F)cc1C#N. The molecule has 104 valence electrons. The summed E-state index contributed by atoms with van der Waals surface area (Å²) in [5.41, 5.74) is 1.97. The Kier molecular flexibility index (Phi) is 3.84. The Balaban J connectivity index is 2.60. The first-order valence-electron chi connectivity index (χ1n) is 6.32. The minimum atomic E-state index is -2.59. The van der Waals surface area contributed by atoms with E-state index in [0.717, 1.165) is 5.56 Å². The van der Waals surface area contributed by atoms with Crippen LogP contribution in [0.4, 0.5) is 8.78 Å². The van der Waals surface area contributed by atoms with Gasteiger partial charge in [0, 0.05) is 17.8 Å². The molecule has 0 fully saturated rings. The predicted octanol–water partition coefficient (Wildman–Crippen LogP) is 4.25. The van der Waals surface area contributed by atoms with Gasteiger partial charge in [0.05, 0.1) is 17.2 Å². The molecule has 0 saturated carbocycles. The van der Waals surface area contributed by atoms with Gasteiger partial charge in [-0.1, -0.05) is 12.1 Å². The Labute approximate surface area is 116 Å². The monoisotopic (exact) mass is 275 g/mol. The summed E-state index contributed by atoms with van der Waals surface area (Å²) < 4.78 is 27.8. The summed E-state index contributed by atoms with van der Waals surface area (Å²) in [6.45, 7) is 5.56. The molecule has 0 N–H and O–H groups in total.